The number of methoxy groups -OCH3 is 1. The third-order valence-electron chi connectivity index (χ3n) is 5.87. The van der Waals surface area contributed by atoms with Crippen molar-refractivity contribution in [3.8, 4) is 5.75 Å². The Labute approximate surface area is 177 Å². The summed E-state index contributed by atoms with van der Waals surface area (Å²) in [6.45, 7) is 5.02. The van der Waals surface area contributed by atoms with E-state index < -0.39 is 0 Å². The molecule has 30 heavy (non-hydrogen) atoms. The van der Waals surface area contributed by atoms with E-state index in [4.69, 9.17) is 4.74 Å². The van der Waals surface area contributed by atoms with Crippen molar-refractivity contribution < 1.29 is 9.53 Å². The van der Waals surface area contributed by atoms with Gasteiger partial charge in [0.05, 0.1) is 19.5 Å². The summed E-state index contributed by atoms with van der Waals surface area (Å²) in [5, 5.41) is 0. The first-order valence-electron chi connectivity index (χ1n) is 10.4. The highest BCUT2D eigenvalue weighted by Gasteiger charge is 2.30. The second-order valence-electron chi connectivity index (χ2n) is 7.63. The molecule has 0 bridgehead atoms. The van der Waals surface area contributed by atoms with Crippen molar-refractivity contribution in [2.45, 2.75) is 19.0 Å². The average molecular weight is 405 g/mol. The molecule has 0 spiro atoms. The summed E-state index contributed by atoms with van der Waals surface area (Å²) in [6.07, 6.45) is 5.25. The normalized spacial score (nSPS) is 16.8. The number of hydrogen-bond acceptors (Lipinski definition) is 4. The quantitative estimate of drug-likeness (QED) is 0.632. The molecule has 0 saturated carbocycles. The number of imidazole rings is 1. The predicted molar refractivity (Wildman–Crippen MR) is 116 cm³/mol. The fourth-order valence-electron chi connectivity index (χ4n) is 4.13. The van der Waals surface area contributed by atoms with Gasteiger partial charge in [0.25, 0.3) is 0 Å². The second kappa shape index (κ2) is 9.13. The Balaban J connectivity index is 1.50. The first-order chi connectivity index (χ1) is 14.7. The number of carbonyl (C=O) groups is 1. The van der Waals surface area contributed by atoms with Crippen molar-refractivity contribution in [3.63, 3.8) is 0 Å². The summed E-state index contributed by atoms with van der Waals surface area (Å²) < 4.78 is 7.19. The fraction of sp³-hybridized carbons (Fsp3) is 0.333. The molecule has 6 heteroatoms. The molecule has 1 saturated heterocycles. The molecule has 1 aliphatic heterocycles. The number of rotatable bonds is 6. The average Bonchev–Trinajstić information content (AvgIpc) is 3.35. The number of hydrogen-bond donors (Lipinski definition) is 0. The number of amides is 1. The molecule has 0 N–H and O–H groups in total. The second-order valence-corrected chi connectivity index (χ2v) is 7.63. The van der Waals surface area contributed by atoms with Crippen molar-refractivity contribution >= 4 is 5.91 Å². The van der Waals surface area contributed by atoms with Crippen molar-refractivity contribution in [2.75, 3.05) is 33.3 Å². The fourth-order valence-corrected chi connectivity index (χ4v) is 4.13. The van der Waals surface area contributed by atoms with Crippen LogP contribution in [0, 0.1) is 0 Å². The van der Waals surface area contributed by atoms with Crippen LogP contribution in [0.2, 0.25) is 0 Å². The molecule has 1 fully saturated rings. The van der Waals surface area contributed by atoms with Crippen LogP contribution in [-0.4, -0.2) is 58.5 Å². The molecule has 4 rings (SSSR count). The highest BCUT2D eigenvalue weighted by molar-refractivity contribution is 5.80. The number of aromatic nitrogens is 2. The predicted octanol–water partition coefficient (Wildman–Crippen LogP) is 3.39. The SMILES string of the molecule is COc1ccc(C(c2ccccc2)N2CCN(C(=O)C(C)n3ccnc3)CC2)cc1. The van der Waals surface area contributed by atoms with Crippen LogP contribution in [0.1, 0.15) is 30.1 Å². The van der Waals surface area contributed by atoms with E-state index in [-0.39, 0.29) is 18.0 Å². The third-order valence-corrected chi connectivity index (χ3v) is 5.87. The Morgan fingerprint density at radius 3 is 2.23 bits per heavy atom. The minimum atomic E-state index is -0.231. The minimum Gasteiger partial charge on any atom is -0.497 e. The number of piperazine rings is 1. The third kappa shape index (κ3) is 4.24. The summed E-state index contributed by atoms with van der Waals surface area (Å²) in [5.41, 5.74) is 2.49. The highest BCUT2D eigenvalue weighted by Crippen LogP contribution is 2.31. The maximum absolute atomic E-state index is 12.9. The van der Waals surface area contributed by atoms with Gasteiger partial charge in [0, 0.05) is 38.6 Å². The van der Waals surface area contributed by atoms with Crippen molar-refractivity contribution in [1.82, 2.24) is 19.4 Å². The molecular formula is C24H28N4O2. The number of benzene rings is 2. The maximum Gasteiger partial charge on any atom is 0.245 e. The van der Waals surface area contributed by atoms with Crippen LogP contribution in [0.4, 0.5) is 0 Å². The molecule has 2 unspecified atom stereocenters. The van der Waals surface area contributed by atoms with Gasteiger partial charge >= 0.3 is 0 Å². The molecule has 2 aromatic carbocycles. The smallest absolute Gasteiger partial charge is 0.245 e. The molecule has 6 nitrogen and oxygen atoms in total. The lowest BCUT2D eigenvalue weighted by Crippen LogP contribution is -2.51. The van der Waals surface area contributed by atoms with E-state index in [1.54, 1.807) is 19.6 Å². The molecule has 1 aliphatic rings. The van der Waals surface area contributed by atoms with Crippen LogP contribution in [0.15, 0.2) is 73.3 Å². The highest BCUT2D eigenvalue weighted by atomic mass is 16.5. The zero-order valence-electron chi connectivity index (χ0n) is 17.5. The Kier molecular flexibility index (Phi) is 6.14. The first-order valence-corrected chi connectivity index (χ1v) is 10.4. The van der Waals surface area contributed by atoms with Crippen molar-refractivity contribution in [2.24, 2.45) is 0 Å². The van der Waals surface area contributed by atoms with Gasteiger partial charge in [0.1, 0.15) is 11.8 Å². The van der Waals surface area contributed by atoms with E-state index in [0.29, 0.717) is 0 Å². The summed E-state index contributed by atoms with van der Waals surface area (Å²) in [7, 11) is 1.69. The van der Waals surface area contributed by atoms with Gasteiger partial charge in [-0.2, -0.15) is 0 Å². The van der Waals surface area contributed by atoms with Gasteiger partial charge in [-0.05, 0) is 30.2 Å². The van der Waals surface area contributed by atoms with Crippen LogP contribution in [0.3, 0.4) is 0 Å². The van der Waals surface area contributed by atoms with Gasteiger partial charge in [0.15, 0.2) is 0 Å². The Hall–Kier alpha value is -3.12. The van der Waals surface area contributed by atoms with Gasteiger partial charge in [-0.1, -0.05) is 42.5 Å². The molecule has 156 valence electrons. The van der Waals surface area contributed by atoms with E-state index in [9.17, 15) is 4.79 Å². The summed E-state index contributed by atoms with van der Waals surface area (Å²) in [4.78, 5) is 21.4. The van der Waals surface area contributed by atoms with Crippen molar-refractivity contribution in [1.29, 1.82) is 0 Å². The lowest BCUT2D eigenvalue weighted by Gasteiger charge is -2.40. The summed E-state index contributed by atoms with van der Waals surface area (Å²) >= 11 is 0. The molecule has 2 atom stereocenters. The Bertz CT molecular complexity index is 933. The minimum absolute atomic E-state index is 0.147. The van der Waals surface area contributed by atoms with Gasteiger partial charge in [-0.3, -0.25) is 9.69 Å². The Morgan fingerprint density at radius 1 is 0.967 bits per heavy atom. The molecule has 0 aliphatic carbocycles. The van der Waals surface area contributed by atoms with Crippen molar-refractivity contribution in [3.05, 3.63) is 84.4 Å². The molecule has 2 heterocycles. The van der Waals surface area contributed by atoms with E-state index in [0.717, 1.165) is 31.9 Å². The molecule has 1 aromatic heterocycles. The van der Waals surface area contributed by atoms with E-state index in [1.807, 2.05) is 40.8 Å². The molecular weight excluding hydrogens is 376 g/mol. The summed E-state index contributed by atoms with van der Waals surface area (Å²) in [5.74, 6) is 1.00. The first kappa shape index (κ1) is 20.2. The molecule has 0 radical (unpaired) electrons. The monoisotopic (exact) mass is 404 g/mol. The number of ether oxygens (including phenoxy) is 1. The Morgan fingerprint density at radius 2 is 1.63 bits per heavy atom. The van der Waals surface area contributed by atoms with Crippen LogP contribution in [0.5, 0.6) is 5.75 Å². The lowest BCUT2D eigenvalue weighted by molar-refractivity contribution is -0.136. The number of nitrogens with zero attached hydrogens (tertiary/aromatic N) is 4. The zero-order valence-corrected chi connectivity index (χ0v) is 17.5. The van der Waals surface area contributed by atoms with Gasteiger partial charge in [0.2, 0.25) is 5.91 Å². The van der Waals surface area contributed by atoms with Crippen LogP contribution < -0.4 is 4.74 Å². The standard InChI is InChI=1S/C24H28N4O2/c1-19(28-13-12-25-18-28)24(29)27-16-14-26(15-17-27)23(20-6-4-3-5-7-20)21-8-10-22(30-2)11-9-21/h3-13,18-19,23H,14-17H2,1-2H3. The van der Waals surface area contributed by atoms with E-state index in [1.165, 1.54) is 11.1 Å². The number of carbonyl (C=O) groups excluding carboxylic acids is 1. The van der Waals surface area contributed by atoms with Crippen LogP contribution in [0.25, 0.3) is 0 Å². The maximum atomic E-state index is 12.9. The molecule has 3 aromatic rings. The zero-order chi connectivity index (χ0) is 20.9. The molecule has 1 amide bonds. The lowest BCUT2D eigenvalue weighted by atomic mass is 9.96. The summed E-state index contributed by atoms with van der Waals surface area (Å²) in [6, 6.07) is 18.8. The van der Waals surface area contributed by atoms with E-state index >= 15 is 0 Å². The van der Waals surface area contributed by atoms with Gasteiger partial charge in [-0.15, -0.1) is 0 Å². The van der Waals surface area contributed by atoms with E-state index in [2.05, 4.69) is 46.3 Å². The topological polar surface area (TPSA) is 50.6 Å². The largest absolute Gasteiger partial charge is 0.497 e. The van der Waals surface area contributed by atoms with Gasteiger partial charge < -0.3 is 14.2 Å². The van der Waals surface area contributed by atoms with Crippen LogP contribution >= 0.6 is 0 Å². The van der Waals surface area contributed by atoms with Gasteiger partial charge in [-0.25, -0.2) is 4.98 Å². The van der Waals surface area contributed by atoms with Crippen LogP contribution in [-0.2, 0) is 4.79 Å².